The molecule has 0 radical (unpaired) electrons. The van der Waals surface area contributed by atoms with Crippen LogP contribution in [0.5, 0.6) is 0 Å². The molecule has 1 N–H and O–H groups in total. The Morgan fingerprint density at radius 2 is 2.29 bits per heavy atom. The summed E-state index contributed by atoms with van der Waals surface area (Å²) >= 11 is 5.56. The molecule has 0 saturated carbocycles. The second-order valence-corrected chi connectivity index (χ2v) is 3.74. The molecule has 2 aromatic rings. The number of aromatic nitrogens is 3. The summed E-state index contributed by atoms with van der Waals surface area (Å²) in [4.78, 5) is 11.6. The summed E-state index contributed by atoms with van der Waals surface area (Å²) in [7, 11) is 0. The normalized spacial score (nSPS) is 10.2. The first kappa shape index (κ1) is 11.5. The number of aryl methyl sites for hydroxylation is 1. The van der Waals surface area contributed by atoms with Crippen LogP contribution in [0.25, 0.3) is 0 Å². The van der Waals surface area contributed by atoms with Crippen molar-refractivity contribution in [3.05, 3.63) is 40.5 Å². The van der Waals surface area contributed by atoms with Gasteiger partial charge in [-0.1, -0.05) is 16.8 Å². The van der Waals surface area contributed by atoms with Gasteiger partial charge in [-0.25, -0.2) is 0 Å². The molecule has 0 bridgehead atoms. The maximum Gasteiger partial charge on any atom is 0.272 e. The largest absolute Gasteiger partial charge is 0.361 e. The fraction of sp³-hybridized carbons (Fsp3) is 0.200. The molecule has 0 spiro atoms. The molecule has 0 unspecified atom stereocenters. The highest BCUT2D eigenvalue weighted by Gasteiger charge is 2.08. The van der Waals surface area contributed by atoms with E-state index in [1.807, 2.05) is 0 Å². The maximum absolute atomic E-state index is 11.6. The molecular formula is C10H9ClN4O2. The Labute approximate surface area is 102 Å². The fourth-order valence-electron chi connectivity index (χ4n) is 1.20. The summed E-state index contributed by atoms with van der Waals surface area (Å²) in [5, 5.41) is 13.9. The van der Waals surface area contributed by atoms with Gasteiger partial charge in [0.25, 0.3) is 5.91 Å². The lowest BCUT2D eigenvalue weighted by Crippen LogP contribution is -2.24. The van der Waals surface area contributed by atoms with Crippen molar-refractivity contribution < 1.29 is 9.32 Å². The first-order valence-electron chi connectivity index (χ1n) is 4.85. The molecule has 0 aliphatic carbocycles. The maximum atomic E-state index is 11.6. The van der Waals surface area contributed by atoms with Gasteiger partial charge in [0.2, 0.25) is 0 Å². The molecule has 0 saturated heterocycles. The number of hydrogen-bond donors (Lipinski definition) is 1. The summed E-state index contributed by atoms with van der Waals surface area (Å²) < 4.78 is 4.87. The van der Waals surface area contributed by atoms with Crippen LogP contribution in [0, 0.1) is 6.92 Å². The Morgan fingerprint density at radius 1 is 1.47 bits per heavy atom. The third-order valence-electron chi connectivity index (χ3n) is 1.97. The molecule has 2 aromatic heterocycles. The van der Waals surface area contributed by atoms with Crippen LogP contribution in [-0.2, 0) is 6.54 Å². The predicted molar refractivity (Wildman–Crippen MR) is 59.5 cm³/mol. The fourth-order valence-corrected chi connectivity index (χ4v) is 1.30. The molecule has 7 heteroatoms. The number of halogens is 1. The Morgan fingerprint density at radius 3 is 2.88 bits per heavy atom. The van der Waals surface area contributed by atoms with Crippen molar-refractivity contribution in [2.24, 2.45) is 0 Å². The lowest BCUT2D eigenvalue weighted by molar-refractivity contribution is 0.0944. The highest BCUT2D eigenvalue weighted by atomic mass is 35.5. The highest BCUT2D eigenvalue weighted by molar-refractivity contribution is 6.29. The average molecular weight is 253 g/mol. The van der Waals surface area contributed by atoms with Crippen LogP contribution in [0.3, 0.4) is 0 Å². The van der Waals surface area contributed by atoms with E-state index in [1.165, 1.54) is 12.1 Å². The van der Waals surface area contributed by atoms with E-state index in [2.05, 4.69) is 20.7 Å². The molecule has 0 aromatic carbocycles. The van der Waals surface area contributed by atoms with Crippen LogP contribution in [-0.4, -0.2) is 21.3 Å². The average Bonchev–Trinajstić information content (AvgIpc) is 2.73. The van der Waals surface area contributed by atoms with Gasteiger partial charge in [0.15, 0.2) is 10.8 Å². The zero-order valence-corrected chi connectivity index (χ0v) is 9.73. The second-order valence-electron chi connectivity index (χ2n) is 3.35. The van der Waals surface area contributed by atoms with Crippen LogP contribution in [0.4, 0.5) is 0 Å². The number of hydrogen-bond acceptors (Lipinski definition) is 5. The summed E-state index contributed by atoms with van der Waals surface area (Å²) in [6, 6.07) is 4.75. The topological polar surface area (TPSA) is 80.9 Å². The van der Waals surface area contributed by atoms with E-state index in [1.54, 1.807) is 13.0 Å². The van der Waals surface area contributed by atoms with Crippen LogP contribution in [0.15, 0.2) is 22.7 Å². The molecule has 17 heavy (non-hydrogen) atoms. The molecule has 0 atom stereocenters. The smallest absolute Gasteiger partial charge is 0.272 e. The van der Waals surface area contributed by atoms with E-state index < -0.39 is 0 Å². The van der Waals surface area contributed by atoms with E-state index in [0.717, 1.165) is 0 Å². The number of nitrogens with zero attached hydrogens (tertiary/aromatic N) is 3. The lowest BCUT2D eigenvalue weighted by Gasteiger charge is -2.00. The quantitative estimate of drug-likeness (QED) is 0.892. The van der Waals surface area contributed by atoms with Crippen LogP contribution >= 0.6 is 11.6 Å². The summed E-state index contributed by atoms with van der Waals surface area (Å²) in [6.45, 7) is 2.06. The Balaban J connectivity index is 1.95. The number of nitrogens with one attached hydrogen (secondary N) is 1. The number of amides is 1. The number of carbonyl (C=O) groups is 1. The predicted octanol–water partition coefficient (Wildman–Crippen LogP) is 1.36. The van der Waals surface area contributed by atoms with E-state index in [0.29, 0.717) is 11.5 Å². The van der Waals surface area contributed by atoms with E-state index in [-0.39, 0.29) is 23.3 Å². The standard InChI is InChI=1S/C10H9ClN4O2/c1-6-4-7(15-17-6)5-12-10(16)8-2-3-9(11)14-13-8/h2-4H,5H2,1H3,(H,12,16). The molecule has 0 aliphatic heterocycles. The third kappa shape index (κ3) is 3.01. The minimum absolute atomic E-state index is 0.203. The van der Waals surface area contributed by atoms with Gasteiger partial charge in [-0.2, -0.15) is 0 Å². The molecular weight excluding hydrogens is 244 g/mol. The Kier molecular flexibility index (Phi) is 3.34. The highest BCUT2D eigenvalue weighted by Crippen LogP contribution is 2.03. The van der Waals surface area contributed by atoms with Gasteiger partial charge < -0.3 is 9.84 Å². The SMILES string of the molecule is Cc1cc(CNC(=O)c2ccc(Cl)nn2)no1. The second kappa shape index (κ2) is 4.92. The minimum Gasteiger partial charge on any atom is -0.361 e. The van der Waals surface area contributed by atoms with Crippen LogP contribution in [0.1, 0.15) is 21.9 Å². The summed E-state index contributed by atoms with van der Waals surface area (Å²) in [5.41, 5.74) is 0.854. The van der Waals surface area contributed by atoms with Gasteiger partial charge in [0, 0.05) is 6.07 Å². The Bertz CT molecular complexity index is 523. The van der Waals surface area contributed by atoms with Gasteiger partial charge in [-0.15, -0.1) is 10.2 Å². The van der Waals surface area contributed by atoms with Crippen LogP contribution in [0.2, 0.25) is 5.15 Å². The van der Waals surface area contributed by atoms with Gasteiger partial charge >= 0.3 is 0 Å². The van der Waals surface area contributed by atoms with Crippen molar-refractivity contribution in [2.45, 2.75) is 13.5 Å². The van der Waals surface area contributed by atoms with Crippen molar-refractivity contribution in [3.63, 3.8) is 0 Å². The first-order valence-corrected chi connectivity index (χ1v) is 5.22. The van der Waals surface area contributed by atoms with Crippen molar-refractivity contribution in [2.75, 3.05) is 0 Å². The van der Waals surface area contributed by atoms with Crippen molar-refractivity contribution in [1.29, 1.82) is 0 Å². The zero-order chi connectivity index (χ0) is 12.3. The molecule has 0 aliphatic rings. The van der Waals surface area contributed by atoms with Gasteiger partial charge in [-0.05, 0) is 19.1 Å². The van der Waals surface area contributed by atoms with Gasteiger partial charge in [0.1, 0.15) is 11.5 Å². The molecule has 0 fully saturated rings. The third-order valence-corrected chi connectivity index (χ3v) is 2.17. The molecule has 1 amide bonds. The van der Waals surface area contributed by atoms with Crippen molar-refractivity contribution >= 4 is 17.5 Å². The molecule has 88 valence electrons. The number of rotatable bonds is 3. The molecule has 2 rings (SSSR count). The lowest BCUT2D eigenvalue weighted by atomic mass is 10.3. The van der Waals surface area contributed by atoms with E-state index >= 15 is 0 Å². The monoisotopic (exact) mass is 252 g/mol. The molecule has 2 heterocycles. The van der Waals surface area contributed by atoms with Crippen LogP contribution < -0.4 is 5.32 Å². The van der Waals surface area contributed by atoms with E-state index in [4.69, 9.17) is 16.1 Å². The summed E-state index contributed by atoms with van der Waals surface area (Å²) in [5.74, 6) is 0.357. The number of carbonyl (C=O) groups excluding carboxylic acids is 1. The Hall–Kier alpha value is -1.95. The summed E-state index contributed by atoms with van der Waals surface area (Å²) in [6.07, 6.45) is 0. The minimum atomic E-state index is -0.338. The van der Waals surface area contributed by atoms with E-state index in [9.17, 15) is 4.79 Å². The zero-order valence-electron chi connectivity index (χ0n) is 8.98. The van der Waals surface area contributed by atoms with Gasteiger partial charge in [0.05, 0.1) is 6.54 Å². The molecule has 6 nitrogen and oxygen atoms in total. The van der Waals surface area contributed by atoms with Crippen molar-refractivity contribution in [1.82, 2.24) is 20.7 Å². The first-order chi connectivity index (χ1) is 8.15. The van der Waals surface area contributed by atoms with Gasteiger partial charge in [-0.3, -0.25) is 4.79 Å². The van der Waals surface area contributed by atoms with Crippen molar-refractivity contribution in [3.8, 4) is 0 Å².